The van der Waals surface area contributed by atoms with Gasteiger partial charge in [-0.05, 0) is 19.1 Å². The van der Waals surface area contributed by atoms with E-state index >= 15 is 0 Å². The minimum Gasteiger partial charge on any atom is -0.363 e. The van der Waals surface area contributed by atoms with Crippen LogP contribution in [0.25, 0.3) is 0 Å². The molecule has 0 amide bonds. The highest BCUT2D eigenvalue weighted by atomic mass is 15.1. The number of likely N-dealkylation sites (N-methyl/N-ethyl adjacent to an activating group) is 1. The monoisotopic (exact) mass is 165 g/mol. The molecule has 1 aliphatic heterocycles. The lowest BCUT2D eigenvalue weighted by atomic mass is 10.0. The van der Waals surface area contributed by atoms with Crippen LogP contribution in [0.5, 0.6) is 0 Å². The molecule has 3 nitrogen and oxygen atoms in total. The Hall–Kier alpha value is -1.09. The van der Waals surface area contributed by atoms with Crippen molar-refractivity contribution in [2.75, 3.05) is 14.1 Å². The van der Waals surface area contributed by atoms with Crippen LogP contribution < -0.4 is 5.73 Å². The third-order valence-corrected chi connectivity index (χ3v) is 1.69. The van der Waals surface area contributed by atoms with Crippen LogP contribution in [0.3, 0.4) is 0 Å². The molecule has 0 aromatic carbocycles. The molecule has 0 bridgehead atoms. The van der Waals surface area contributed by atoms with E-state index in [-0.39, 0.29) is 5.54 Å². The van der Waals surface area contributed by atoms with Crippen molar-refractivity contribution in [3.05, 3.63) is 24.4 Å². The van der Waals surface area contributed by atoms with Gasteiger partial charge in [0.25, 0.3) is 0 Å². The highest BCUT2D eigenvalue weighted by molar-refractivity contribution is 5.93. The lowest BCUT2D eigenvalue weighted by molar-refractivity contribution is 0.626. The van der Waals surface area contributed by atoms with Crippen LogP contribution in [0, 0.1) is 0 Å². The predicted octanol–water partition coefficient (Wildman–Crippen LogP) is 0.747. The summed E-state index contributed by atoms with van der Waals surface area (Å²) in [6, 6.07) is 0. The van der Waals surface area contributed by atoms with Crippen LogP contribution >= 0.6 is 0 Å². The second-order valence-electron chi connectivity index (χ2n) is 3.40. The molecule has 0 radical (unpaired) electrons. The number of hydrogen-bond acceptors (Lipinski definition) is 3. The molecular formula is C9H15N3. The van der Waals surface area contributed by atoms with Crippen molar-refractivity contribution < 1.29 is 0 Å². The van der Waals surface area contributed by atoms with Gasteiger partial charge in [-0.25, -0.2) is 4.99 Å². The highest BCUT2D eigenvalue weighted by Gasteiger charge is 2.11. The summed E-state index contributed by atoms with van der Waals surface area (Å²) in [5.41, 5.74) is 5.50. The molecule has 0 spiro atoms. The van der Waals surface area contributed by atoms with Gasteiger partial charge in [0, 0.05) is 20.3 Å². The Labute approximate surface area is 73.3 Å². The molecule has 3 heteroatoms. The summed E-state index contributed by atoms with van der Waals surface area (Å²) in [5, 5.41) is 0. The zero-order chi connectivity index (χ0) is 9.19. The van der Waals surface area contributed by atoms with Crippen LogP contribution in [0.4, 0.5) is 0 Å². The van der Waals surface area contributed by atoms with Crippen molar-refractivity contribution in [2.45, 2.75) is 12.5 Å². The molecule has 0 aliphatic carbocycles. The summed E-state index contributed by atoms with van der Waals surface area (Å²) < 4.78 is 0. The maximum absolute atomic E-state index is 5.87. The van der Waals surface area contributed by atoms with E-state index in [0.29, 0.717) is 0 Å². The van der Waals surface area contributed by atoms with E-state index in [4.69, 9.17) is 5.73 Å². The van der Waals surface area contributed by atoms with Gasteiger partial charge in [0.2, 0.25) is 0 Å². The molecule has 1 aliphatic rings. The molecule has 12 heavy (non-hydrogen) atoms. The number of amidine groups is 1. The van der Waals surface area contributed by atoms with Crippen molar-refractivity contribution in [3.63, 3.8) is 0 Å². The predicted molar refractivity (Wildman–Crippen MR) is 52.0 cm³/mol. The number of aliphatic imine (C=N–C) groups is 1. The van der Waals surface area contributed by atoms with E-state index < -0.39 is 0 Å². The second kappa shape index (κ2) is 3.11. The van der Waals surface area contributed by atoms with E-state index in [1.165, 1.54) is 0 Å². The first-order valence-corrected chi connectivity index (χ1v) is 3.92. The van der Waals surface area contributed by atoms with Gasteiger partial charge in [-0.3, -0.25) is 0 Å². The van der Waals surface area contributed by atoms with E-state index in [1.54, 1.807) is 6.20 Å². The first-order chi connectivity index (χ1) is 5.51. The Bertz CT molecular complexity index is 246. The molecular weight excluding hydrogens is 150 g/mol. The van der Waals surface area contributed by atoms with Crippen LogP contribution in [0.2, 0.25) is 0 Å². The maximum atomic E-state index is 5.87. The van der Waals surface area contributed by atoms with Gasteiger partial charge in [-0.1, -0.05) is 6.08 Å². The lowest BCUT2D eigenvalue weighted by Gasteiger charge is -2.13. The van der Waals surface area contributed by atoms with Crippen molar-refractivity contribution >= 4 is 5.84 Å². The third-order valence-electron chi connectivity index (χ3n) is 1.69. The molecule has 0 saturated carbocycles. The zero-order valence-corrected chi connectivity index (χ0v) is 7.78. The molecule has 66 valence electrons. The van der Waals surface area contributed by atoms with Crippen molar-refractivity contribution in [1.82, 2.24) is 4.90 Å². The van der Waals surface area contributed by atoms with Crippen LogP contribution in [-0.4, -0.2) is 30.4 Å². The van der Waals surface area contributed by atoms with Gasteiger partial charge in [-0.2, -0.15) is 0 Å². The molecule has 2 N–H and O–H groups in total. The molecule has 0 fully saturated rings. The van der Waals surface area contributed by atoms with Gasteiger partial charge in [-0.15, -0.1) is 0 Å². The van der Waals surface area contributed by atoms with Crippen molar-refractivity contribution in [2.24, 2.45) is 10.7 Å². The van der Waals surface area contributed by atoms with Gasteiger partial charge in [0.1, 0.15) is 5.84 Å². The second-order valence-corrected chi connectivity index (χ2v) is 3.40. The van der Waals surface area contributed by atoms with Gasteiger partial charge in [0.05, 0.1) is 5.54 Å². The Morgan fingerprint density at radius 1 is 1.42 bits per heavy atom. The largest absolute Gasteiger partial charge is 0.363 e. The van der Waals surface area contributed by atoms with Gasteiger partial charge >= 0.3 is 0 Å². The average molecular weight is 165 g/mol. The average Bonchev–Trinajstić information content (AvgIpc) is 2.10. The van der Waals surface area contributed by atoms with Crippen LogP contribution in [0.1, 0.15) is 6.92 Å². The number of hydrogen-bond donors (Lipinski definition) is 1. The zero-order valence-electron chi connectivity index (χ0n) is 7.78. The van der Waals surface area contributed by atoms with E-state index in [2.05, 4.69) is 4.99 Å². The highest BCUT2D eigenvalue weighted by Crippen LogP contribution is 2.07. The van der Waals surface area contributed by atoms with E-state index in [1.807, 2.05) is 44.1 Å². The Morgan fingerprint density at radius 2 is 2.08 bits per heavy atom. The Kier molecular flexibility index (Phi) is 2.33. The first-order valence-electron chi connectivity index (χ1n) is 3.92. The minimum absolute atomic E-state index is 0.374. The van der Waals surface area contributed by atoms with Crippen molar-refractivity contribution in [1.29, 1.82) is 0 Å². The molecule has 0 saturated heterocycles. The number of nitrogens with two attached hydrogens (primary N) is 1. The third kappa shape index (κ3) is 2.20. The fourth-order valence-electron chi connectivity index (χ4n) is 0.891. The minimum atomic E-state index is -0.374. The standard InChI is InChI=1S/C9H15N3/c1-9(10)5-4-8(12(2)3)11-7-6-9/h4-7H,10H2,1-3H3. The van der Waals surface area contributed by atoms with E-state index in [9.17, 15) is 0 Å². The van der Waals surface area contributed by atoms with Gasteiger partial charge in [0.15, 0.2) is 0 Å². The maximum Gasteiger partial charge on any atom is 0.127 e. The molecule has 1 rings (SSSR count). The van der Waals surface area contributed by atoms with Gasteiger partial charge < -0.3 is 10.6 Å². The number of nitrogens with zero attached hydrogens (tertiary/aromatic N) is 2. The SMILES string of the molecule is CN(C)C1=NC=CC(C)(N)C=C1. The summed E-state index contributed by atoms with van der Waals surface area (Å²) in [6.07, 6.45) is 7.49. The molecule has 1 atom stereocenters. The lowest BCUT2D eigenvalue weighted by Crippen LogP contribution is -2.30. The smallest absolute Gasteiger partial charge is 0.127 e. The van der Waals surface area contributed by atoms with E-state index in [0.717, 1.165) is 5.84 Å². The quantitative estimate of drug-likeness (QED) is 0.575. The summed E-state index contributed by atoms with van der Waals surface area (Å²) in [4.78, 5) is 6.16. The topological polar surface area (TPSA) is 41.6 Å². The molecule has 1 unspecified atom stereocenters. The van der Waals surface area contributed by atoms with Crippen LogP contribution in [0.15, 0.2) is 29.4 Å². The Morgan fingerprint density at radius 3 is 2.67 bits per heavy atom. The van der Waals surface area contributed by atoms with Crippen LogP contribution in [-0.2, 0) is 0 Å². The normalized spacial score (nSPS) is 28.2. The molecule has 0 aromatic heterocycles. The molecule has 0 aromatic rings. The fourth-order valence-corrected chi connectivity index (χ4v) is 0.891. The summed E-state index contributed by atoms with van der Waals surface area (Å²) in [5.74, 6) is 0.917. The molecule has 1 heterocycles. The first kappa shape index (κ1) is 9.00. The van der Waals surface area contributed by atoms with Crippen molar-refractivity contribution in [3.8, 4) is 0 Å². The summed E-state index contributed by atoms with van der Waals surface area (Å²) >= 11 is 0. The number of rotatable bonds is 0. The Balaban J connectivity index is 2.86. The fraction of sp³-hybridized carbons (Fsp3) is 0.444. The summed E-state index contributed by atoms with van der Waals surface area (Å²) in [7, 11) is 3.91. The summed E-state index contributed by atoms with van der Waals surface area (Å²) in [6.45, 7) is 1.94.